The van der Waals surface area contributed by atoms with E-state index in [4.69, 9.17) is 21.1 Å². The fourth-order valence-corrected chi connectivity index (χ4v) is 6.11. The van der Waals surface area contributed by atoms with Gasteiger partial charge in [0.05, 0.1) is 24.7 Å². The molecule has 0 aliphatic carbocycles. The Morgan fingerprint density at radius 2 is 1.68 bits per heavy atom. The van der Waals surface area contributed by atoms with Crippen LogP contribution in [0.15, 0.2) is 48.5 Å². The second-order valence-electron chi connectivity index (χ2n) is 11.2. The van der Waals surface area contributed by atoms with E-state index in [1.807, 2.05) is 47.9 Å². The van der Waals surface area contributed by atoms with Crippen molar-refractivity contribution in [2.75, 3.05) is 45.9 Å². The van der Waals surface area contributed by atoms with Crippen molar-refractivity contribution in [3.05, 3.63) is 64.9 Å². The maximum absolute atomic E-state index is 13.7. The molecule has 0 N–H and O–H groups in total. The van der Waals surface area contributed by atoms with E-state index in [0.717, 1.165) is 5.56 Å². The molecule has 2 aromatic rings. The van der Waals surface area contributed by atoms with Gasteiger partial charge in [-0.1, -0.05) is 23.7 Å². The minimum Gasteiger partial charge on any atom is -0.410 e. The number of amides is 3. The van der Waals surface area contributed by atoms with Crippen LogP contribution < -0.4 is 4.74 Å². The van der Waals surface area contributed by atoms with Crippen molar-refractivity contribution in [3.63, 3.8) is 0 Å². The van der Waals surface area contributed by atoms with Crippen molar-refractivity contribution in [2.45, 2.75) is 38.6 Å². The monoisotopic (exact) mass is 571 g/mol. The lowest BCUT2D eigenvalue weighted by atomic mass is 9.85. The van der Waals surface area contributed by atoms with Crippen LogP contribution >= 0.6 is 11.6 Å². The van der Waals surface area contributed by atoms with E-state index in [9.17, 15) is 18.8 Å². The molecular weight excluding hydrogens is 537 g/mol. The number of carbonyl (C=O) groups is 3. The minimum atomic E-state index is -0.548. The predicted molar refractivity (Wildman–Crippen MR) is 148 cm³/mol. The van der Waals surface area contributed by atoms with Gasteiger partial charge in [-0.25, -0.2) is 9.18 Å². The predicted octanol–water partition coefficient (Wildman–Crippen LogP) is 4.57. The zero-order chi connectivity index (χ0) is 28.4. The molecule has 0 saturated carbocycles. The zero-order valence-electron chi connectivity index (χ0n) is 22.9. The van der Waals surface area contributed by atoms with Crippen LogP contribution in [0.5, 0.6) is 5.75 Å². The number of carbonyl (C=O) groups excluding carboxylic acids is 3. The first kappa shape index (κ1) is 28.4. The molecule has 3 amide bonds. The molecule has 3 heterocycles. The van der Waals surface area contributed by atoms with Gasteiger partial charge in [-0.05, 0) is 68.7 Å². The molecule has 5 rings (SSSR count). The van der Waals surface area contributed by atoms with Gasteiger partial charge in [-0.15, -0.1) is 0 Å². The Morgan fingerprint density at radius 1 is 1.02 bits per heavy atom. The van der Waals surface area contributed by atoms with Gasteiger partial charge >= 0.3 is 6.09 Å². The van der Waals surface area contributed by atoms with Gasteiger partial charge in [0.15, 0.2) is 0 Å². The van der Waals surface area contributed by atoms with E-state index in [1.54, 1.807) is 4.90 Å². The van der Waals surface area contributed by atoms with E-state index in [2.05, 4.69) is 0 Å². The lowest BCUT2D eigenvalue weighted by molar-refractivity contribution is -0.170. The summed E-state index contributed by atoms with van der Waals surface area (Å²) in [6.07, 6.45) is 0.671. The van der Waals surface area contributed by atoms with Gasteiger partial charge in [-0.3, -0.25) is 9.59 Å². The third kappa shape index (κ3) is 5.81. The molecule has 2 atom stereocenters. The van der Waals surface area contributed by atoms with Crippen molar-refractivity contribution in [3.8, 4) is 5.75 Å². The van der Waals surface area contributed by atoms with E-state index in [0.29, 0.717) is 63.8 Å². The fraction of sp³-hybridized carbons (Fsp3) is 0.500. The van der Waals surface area contributed by atoms with Gasteiger partial charge in [-0.2, -0.15) is 0 Å². The van der Waals surface area contributed by atoms with E-state index < -0.39 is 17.3 Å². The highest BCUT2D eigenvalue weighted by atomic mass is 35.5. The largest absolute Gasteiger partial charge is 0.415 e. The first-order valence-electron chi connectivity index (χ1n) is 13.8. The van der Waals surface area contributed by atoms with E-state index in [-0.39, 0.29) is 35.4 Å². The van der Waals surface area contributed by atoms with Gasteiger partial charge in [0.1, 0.15) is 11.6 Å². The molecule has 10 heteroatoms. The van der Waals surface area contributed by atoms with Crippen molar-refractivity contribution in [2.24, 2.45) is 11.3 Å². The molecule has 214 valence electrons. The van der Waals surface area contributed by atoms with E-state index >= 15 is 0 Å². The van der Waals surface area contributed by atoms with Crippen LogP contribution in [0.2, 0.25) is 5.02 Å². The molecule has 0 unspecified atom stereocenters. The maximum Gasteiger partial charge on any atom is 0.415 e. The average Bonchev–Trinajstić information content (AvgIpc) is 3.38. The van der Waals surface area contributed by atoms with Gasteiger partial charge in [0.2, 0.25) is 11.8 Å². The molecule has 0 spiro atoms. The maximum atomic E-state index is 13.7. The fourth-order valence-electron chi connectivity index (χ4n) is 5.98. The molecule has 3 aliphatic heterocycles. The molecule has 3 fully saturated rings. The highest BCUT2D eigenvalue weighted by molar-refractivity contribution is 6.30. The summed E-state index contributed by atoms with van der Waals surface area (Å²) in [7, 11) is 0. The molecule has 3 saturated heterocycles. The molecule has 0 bridgehead atoms. The number of rotatable bonds is 6. The zero-order valence-corrected chi connectivity index (χ0v) is 23.6. The van der Waals surface area contributed by atoms with Crippen molar-refractivity contribution in [1.82, 2.24) is 14.7 Å². The molecule has 0 radical (unpaired) electrons. The molecule has 0 aromatic heterocycles. The molecule has 3 aliphatic rings. The number of piperidine rings is 1. The second-order valence-corrected chi connectivity index (χ2v) is 11.6. The first-order chi connectivity index (χ1) is 19.2. The van der Waals surface area contributed by atoms with Crippen LogP contribution in [0.3, 0.4) is 0 Å². The lowest BCUT2D eigenvalue weighted by Crippen LogP contribution is -2.55. The number of likely N-dealkylation sites (N-methyl/N-ethyl adjacent to an activating group) is 1. The molecule has 2 aromatic carbocycles. The summed E-state index contributed by atoms with van der Waals surface area (Å²) < 4.78 is 24.2. The van der Waals surface area contributed by atoms with Crippen LogP contribution in [-0.2, 0) is 14.3 Å². The summed E-state index contributed by atoms with van der Waals surface area (Å²) in [5.41, 5.74) is 0.533. The normalized spacial score (nSPS) is 22.5. The van der Waals surface area contributed by atoms with Crippen LogP contribution in [0.4, 0.5) is 9.18 Å². The number of likely N-dealkylation sites (tertiary alicyclic amines) is 2. The minimum absolute atomic E-state index is 0.0507. The summed E-state index contributed by atoms with van der Waals surface area (Å²) in [5.74, 6) is -0.326. The first-order valence-corrected chi connectivity index (χ1v) is 14.2. The summed E-state index contributed by atoms with van der Waals surface area (Å²) in [4.78, 5) is 45.2. The SMILES string of the molecule is CCN(C(=O)Oc1ccc(F)cc1)[C@@H]1CN(C(=O)C2CCN(C(=O)C3(C)COC3)CC2)C[C@H]1c1ccc(Cl)cc1. The third-order valence-electron chi connectivity index (χ3n) is 8.38. The van der Waals surface area contributed by atoms with Gasteiger partial charge < -0.3 is 24.2 Å². The van der Waals surface area contributed by atoms with E-state index in [1.165, 1.54) is 24.3 Å². The summed E-state index contributed by atoms with van der Waals surface area (Å²) >= 11 is 6.14. The highest BCUT2D eigenvalue weighted by Gasteiger charge is 2.46. The van der Waals surface area contributed by atoms with Crippen molar-refractivity contribution in [1.29, 1.82) is 0 Å². The van der Waals surface area contributed by atoms with Crippen LogP contribution in [0.1, 0.15) is 38.2 Å². The van der Waals surface area contributed by atoms with Crippen LogP contribution in [0.25, 0.3) is 0 Å². The van der Waals surface area contributed by atoms with Gasteiger partial charge in [0, 0.05) is 49.6 Å². The number of halogens is 2. The van der Waals surface area contributed by atoms with Crippen molar-refractivity contribution >= 4 is 29.5 Å². The summed E-state index contributed by atoms with van der Waals surface area (Å²) in [5, 5.41) is 0.609. The Kier molecular flexibility index (Phi) is 8.33. The number of hydrogen-bond donors (Lipinski definition) is 0. The number of nitrogens with zero attached hydrogens (tertiary/aromatic N) is 3. The topological polar surface area (TPSA) is 79.4 Å². The van der Waals surface area contributed by atoms with Crippen LogP contribution in [-0.4, -0.2) is 84.6 Å². The Hall–Kier alpha value is -3.17. The molecule has 8 nitrogen and oxygen atoms in total. The quantitative estimate of drug-likeness (QED) is 0.507. The number of hydrogen-bond acceptors (Lipinski definition) is 5. The highest BCUT2D eigenvalue weighted by Crippen LogP contribution is 2.35. The number of ether oxygens (including phenoxy) is 2. The molecule has 40 heavy (non-hydrogen) atoms. The Labute approximate surface area is 238 Å². The summed E-state index contributed by atoms with van der Waals surface area (Å²) in [6, 6.07) is 12.5. The Morgan fingerprint density at radius 3 is 2.25 bits per heavy atom. The Bertz CT molecular complexity index is 1230. The smallest absolute Gasteiger partial charge is 0.410 e. The van der Waals surface area contributed by atoms with Crippen LogP contribution in [0, 0.1) is 17.2 Å². The second kappa shape index (κ2) is 11.7. The third-order valence-corrected chi connectivity index (χ3v) is 8.63. The Balaban J connectivity index is 1.29. The number of benzene rings is 2. The molecular formula is C30H35ClFN3O5. The average molecular weight is 572 g/mol. The lowest BCUT2D eigenvalue weighted by Gasteiger charge is -2.42. The standard InChI is InChI=1S/C30H35ClFN3O5/c1-3-35(29(38)40-24-10-8-23(32)9-11-24)26-17-34(16-25(26)20-4-6-22(31)7-5-20)27(36)21-12-14-33(15-13-21)28(37)30(2)18-39-19-30/h4-11,21,25-26H,3,12-19H2,1-2H3/t25-,26+/m0/s1. The van der Waals surface area contributed by atoms with Crippen molar-refractivity contribution < 1.29 is 28.2 Å². The summed E-state index contributed by atoms with van der Waals surface area (Å²) in [6.45, 7) is 7.00. The van der Waals surface area contributed by atoms with Gasteiger partial charge in [0.25, 0.3) is 0 Å².